The maximum absolute atomic E-state index is 5.73. The Morgan fingerprint density at radius 2 is 2.10 bits per heavy atom. The van der Waals surface area contributed by atoms with Crippen molar-refractivity contribution < 1.29 is 9.47 Å². The highest BCUT2D eigenvalue weighted by molar-refractivity contribution is 5.81. The number of nitrogens with zero attached hydrogens (tertiary/aromatic N) is 3. The second kappa shape index (κ2) is 6.30. The number of ether oxygens (including phenoxy) is 2. The van der Waals surface area contributed by atoms with Crippen molar-refractivity contribution >= 4 is 12.2 Å². The Balaban J connectivity index is 2.23. The normalized spacial score (nSPS) is 11.3. The van der Waals surface area contributed by atoms with E-state index in [4.69, 9.17) is 15.2 Å². The molecular formula is C15H20N4O2. The fourth-order valence-electron chi connectivity index (χ4n) is 1.84. The summed E-state index contributed by atoms with van der Waals surface area (Å²) in [7, 11) is 1.61. The van der Waals surface area contributed by atoms with Crippen molar-refractivity contribution in [3.05, 3.63) is 35.7 Å². The number of aryl methyl sites for hydroxylation is 1. The van der Waals surface area contributed by atoms with Crippen LogP contribution in [0.25, 0.3) is 0 Å². The number of nitrogens with two attached hydrogens (primary N) is 1. The molecule has 0 aliphatic carbocycles. The van der Waals surface area contributed by atoms with Crippen LogP contribution >= 0.6 is 0 Å². The van der Waals surface area contributed by atoms with Crippen LogP contribution in [0.1, 0.15) is 25.1 Å². The number of hydrogen-bond donors (Lipinski definition) is 1. The first kappa shape index (κ1) is 14.9. The van der Waals surface area contributed by atoms with Gasteiger partial charge in [0.05, 0.1) is 31.3 Å². The highest BCUT2D eigenvalue weighted by Gasteiger charge is 2.07. The Morgan fingerprint density at radius 1 is 1.33 bits per heavy atom. The predicted molar refractivity (Wildman–Crippen MR) is 83.1 cm³/mol. The molecule has 0 atom stereocenters. The molecule has 21 heavy (non-hydrogen) atoms. The molecular weight excluding hydrogens is 268 g/mol. The van der Waals surface area contributed by atoms with Crippen LogP contribution in [0.2, 0.25) is 0 Å². The van der Waals surface area contributed by atoms with Crippen molar-refractivity contribution in [1.29, 1.82) is 0 Å². The Morgan fingerprint density at radius 3 is 2.67 bits per heavy atom. The SMILES string of the molecule is COc1cc(C=Nn2cc(C)nc2N)ccc1OC(C)C. The molecule has 1 heterocycles. The monoisotopic (exact) mass is 288 g/mol. The molecule has 112 valence electrons. The molecule has 0 spiro atoms. The third-order valence-electron chi connectivity index (χ3n) is 2.72. The molecule has 0 radical (unpaired) electrons. The summed E-state index contributed by atoms with van der Waals surface area (Å²) >= 11 is 0. The first-order valence-electron chi connectivity index (χ1n) is 6.70. The topological polar surface area (TPSA) is 74.7 Å². The Kier molecular flexibility index (Phi) is 4.47. The summed E-state index contributed by atoms with van der Waals surface area (Å²) in [4.78, 5) is 4.09. The third kappa shape index (κ3) is 3.75. The quantitative estimate of drug-likeness (QED) is 0.858. The lowest BCUT2D eigenvalue weighted by molar-refractivity contribution is 0.230. The third-order valence-corrected chi connectivity index (χ3v) is 2.72. The molecule has 0 aliphatic rings. The van der Waals surface area contributed by atoms with Crippen LogP contribution < -0.4 is 15.2 Å². The van der Waals surface area contributed by atoms with Gasteiger partial charge in [0.2, 0.25) is 5.95 Å². The fourth-order valence-corrected chi connectivity index (χ4v) is 1.84. The Hall–Kier alpha value is -2.50. The average Bonchev–Trinajstić information content (AvgIpc) is 2.75. The van der Waals surface area contributed by atoms with E-state index in [1.54, 1.807) is 19.5 Å². The molecule has 0 unspecified atom stereocenters. The van der Waals surface area contributed by atoms with Gasteiger partial charge in [-0.25, -0.2) is 9.66 Å². The molecule has 0 aliphatic heterocycles. The smallest absolute Gasteiger partial charge is 0.221 e. The molecule has 2 aromatic rings. The van der Waals surface area contributed by atoms with E-state index in [2.05, 4.69) is 10.1 Å². The van der Waals surface area contributed by atoms with Crippen LogP contribution in [0.15, 0.2) is 29.5 Å². The largest absolute Gasteiger partial charge is 0.493 e. The maximum Gasteiger partial charge on any atom is 0.221 e. The lowest BCUT2D eigenvalue weighted by atomic mass is 10.2. The Labute approximate surface area is 124 Å². The Bertz CT molecular complexity index is 647. The number of rotatable bonds is 5. The predicted octanol–water partition coefficient (Wildman–Crippen LogP) is 2.45. The van der Waals surface area contributed by atoms with Crippen molar-refractivity contribution in [2.75, 3.05) is 12.8 Å². The number of nitrogen functional groups attached to an aromatic ring is 1. The minimum Gasteiger partial charge on any atom is -0.493 e. The zero-order valence-electron chi connectivity index (χ0n) is 12.7. The molecule has 0 saturated carbocycles. The molecule has 0 fully saturated rings. The van der Waals surface area contributed by atoms with Crippen molar-refractivity contribution in [2.24, 2.45) is 5.10 Å². The van der Waals surface area contributed by atoms with Crippen LogP contribution in [0.4, 0.5) is 5.95 Å². The standard InChI is InChI=1S/C15H20N4O2/c1-10(2)21-13-6-5-12(7-14(13)20-4)8-17-19-9-11(3)18-15(19)16/h5-10H,1-4H3,(H2,16,18). The summed E-state index contributed by atoms with van der Waals surface area (Å²) in [6.07, 6.45) is 3.55. The van der Waals surface area contributed by atoms with E-state index >= 15 is 0 Å². The molecule has 6 heteroatoms. The summed E-state index contributed by atoms with van der Waals surface area (Å²) in [6, 6.07) is 5.63. The van der Waals surface area contributed by atoms with Gasteiger partial charge < -0.3 is 15.2 Å². The maximum atomic E-state index is 5.73. The number of hydrogen-bond acceptors (Lipinski definition) is 5. The zero-order valence-corrected chi connectivity index (χ0v) is 12.7. The molecule has 0 bridgehead atoms. The van der Waals surface area contributed by atoms with Gasteiger partial charge in [-0.2, -0.15) is 5.10 Å². The lowest BCUT2D eigenvalue weighted by Crippen LogP contribution is -2.06. The van der Waals surface area contributed by atoms with Gasteiger partial charge in [-0.15, -0.1) is 0 Å². The van der Waals surface area contributed by atoms with Crippen molar-refractivity contribution in [3.8, 4) is 11.5 Å². The van der Waals surface area contributed by atoms with E-state index in [0.717, 1.165) is 11.3 Å². The van der Waals surface area contributed by atoms with Crippen molar-refractivity contribution in [3.63, 3.8) is 0 Å². The van der Waals surface area contributed by atoms with E-state index in [1.165, 1.54) is 4.68 Å². The zero-order chi connectivity index (χ0) is 15.4. The van der Waals surface area contributed by atoms with Gasteiger partial charge in [-0.1, -0.05) is 0 Å². The number of methoxy groups -OCH3 is 1. The van der Waals surface area contributed by atoms with Crippen LogP contribution in [-0.2, 0) is 0 Å². The summed E-state index contributed by atoms with van der Waals surface area (Å²) in [5, 5.41) is 4.27. The van der Waals surface area contributed by atoms with E-state index in [9.17, 15) is 0 Å². The van der Waals surface area contributed by atoms with Gasteiger partial charge in [0.15, 0.2) is 11.5 Å². The van der Waals surface area contributed by atoms with Gasteiger partial charge in [0.1, 0.15) is 0 Å². The van der Waals surface area contributed by atoms with Crippen molar-refractivity contribution in [2.45, 2.75) is 26.9 Å². The van der Waals surface area contributed by atoms with Gasteiger partial charge in [-0.05, 0) is 44.5 Å². The van der Waals surface area contributed by atoms with E-state index < -0.39 is 0 Å². The molecule has 6 nitrogen and oxygen atoms in total. The molecule has 2 N–H and O–H groups in total. The van der Waals surface area contributed by atoms with Crippen LogP contribution in [-0.4, -0.2) is 29.1 Å². The summed E-state index contributed by atoms with van der Waals surface area (Å²) < 4.78 is 12.5. The highest BCUT2D eigenvalue weighted by Crippen LogP contribution is 2.28. The first-order valence-corrected chi connectivity index (χ1v) is 6.70. The second-order valence-corrected chi connectivity index (χ2v) is 4.91. The minimum absolute atomic E-state index is 0.0899. The fraction of sp³-hybridized carbons (Fsp3) is 0.333. The van der Waals surface area contributed by atoms with E-state index in [0.29, 0.717) is 17.4 Å². The number of anilines is 1. The lowest BCUT2D eigenvalue weighted by Gasteiger charge is -2.13. The molecule has 1 aromatic carbocycles. The number of aromatic nitrogens is 2. The molecule has 0 saturated heterocycles. The number of imidazole rings is 1. The second-order valence-electron chi connectivity index (χ2n) is 4.91. The van der Waals surface area contributed by atoms with Crippen LogP contribution in [0.5, 0.6) is 11.5 Å². The minimum atomic E-state index is 0.0899. The van der Waals surface area contributed by atoms with Crippen LogP contribution in [0.3, 0.4) is 0 Å². The summed E-state index contributed by atoms with van der Waals surface area (Å²) in [5.74, 6) is 1.74. The number of benzene rings is 1. The van der Waals surface area contributed by atoms with Crippen LogP contribution in [0, 0.1) is 6.92 Å². The van der Waals surface area contributed by atoms with Gasteiger partial charge in [0, 0.05) is 0 Å². The summed E-state index contributed by atoms with van der Waals surface area (Å²) in [5.41, 5.74) is 7.44. The van der Waals surface area contributed by atoms with Crippen molar-refractivity contribution in [1.82, 2.24) is 9.66 Å². The molecule has 0 amide bonds. The first-order chi connectivity index (χ1) is 9.99. The molecule has 2 rings (SSSR count). The van der Waals surface area contributed by atoms with E-state index in [1.807, 2.05) is 39.0 Å². The summed E-state index contributed by atoms with van der Waals surface area (Å²) in [6.45, 7) is 5.81. The van der Waals surface area contributed by atoms with Gasteiger partial charge in [-0.3, -0.25) is 0 Å². The average molecular weight is 288 g/mol. The van der Waals surface area contributed by atoms with E-state index in [-0.39, 0.29) is 6.10 Å². The molecule has 1 aromatic heterocycles. The highest BCUT2D eigenvalue weighted by atomic mass is 16.5. The van der Waals surface area contributed by atoms with Gasteiger partial charge >= 0.3 is 0 Å². The van der Waals surface area contributed by atoms with Gasteiger partial charge in [0.25, 0.3) is 0 Å².